The van der Waals surface area contributed by atoms with Crippen LogP contribution in [0, 0.1) is 0 Å². The molecule has 0 spiro atoms. The Bertz CT molecular complexity index is 393. The van der Waals surface area contributed by atoms with Crippen LogP contribution in [-0.2, 0) is 17.8 Å². The van der Waals surface area contributed by atoms with Crippen molar-refractivity contribution in [3.8, 4) is 0 Å². The number of carboxylic acids is 1. The van der Waals surface area contributed by atoms with Gasteiger partial charge in [0, 0.05) is 26.1 Å². The Labute approximate surface area is 98.8 Å². The highest BCUT2D eigenvalue weighted by atomic mass is 16.5. The summed E-state index contributed by atoms with van der Waals surface area (Å²) >= 11 is 0. The summed E-state index contributed by atoms with van der Waals surface area (Å²) in [5.41, 5.74) is 0. The molecule has 94 valence electrons. The van der Waals surface area contributed by atoms with E-state index in [2.05, 4.69) is 15.5 Å². The van der Waals surface area contributed by atoms with E-state index in [4.69, 9.17) is 9.63 Å². The molecule has 2 rings (SSSR count). The molecule has 7 heteroatoms. The number of aromatic nitrogens is 2. The summed E-state index contributed by atoms with van der Waals surface area (Å²) in [6.07, 6.45) is 0.691. The number of hydrogen-bond acceptors (Lipinski definition) is 6. The smallest absolute Gasteiger partial charge is 0.322 e. The fourth-order valence-electron chi connectivity index (χ4n) is 1.86. The largest absolute Gasteiger partial charge is 0.480 e. The summed E-state index contributed by atoms with van der Waals surface area (Å²) < 4.78 is 5.00. The van der Waals surface area contributed by atoms with E-state index in [1.54, 1.807) is 0 Å². The second kappa shape index (κ2) is 5.24. The molecular weight excluding hydrogens is 224 g/mol. The van der Waals surface area contributed by atoms with Crippen molar-refractivity contribution < 1.29 is 14.4 Å². The average molecular weight is 240 g/mol. The maximum Gasteiger partial charge on any atom is 0.322 e. The summed E-state index contributed by atoms with van der Waals surface area (Å²) in [4.78, 5) is 17.1. The first-order valence-electron chi connectivity index (χ1n) is 5.69. The van der Waals surface area contributed by atoms with E-state index in [1.807, 2.05) is 11.8 Å². The van der Waals surface area contributed by atoms with Crippen LogP contribution in [0.15, 0.2) is 4.52 Å². The molecule has 1 aromatic heterocycles. The minimum Gasteiger partial charge on any atom is -0.480 e. The quantitative estimate of drug-likeness (QED) is 0.732. The van der Waals surface area contributed by atoms with Crippen LogP contribution in [0.3, 0.4) is 0 Å². The van der Waals surface area contributed by atoms with E-state index in [9.17, 15) is 4.79 Å². The summed E-state index contributed by atoms with van der Waals surface area (Å²) in [6.45, 7) is 4.26. The van der Waals surface area contributed by atoms with Gasteiger partial charge in [0.1, 0.15) is 6.04 Å². The lowest BCUT2D eigenvalue weighted by molar-refractivity contribution is -0.144. The van der Waals surface area contributed by atoms with Gasteiger partial charge in [0.15, 0.2) is 5.82 Å². The van der Waals surface area contributed by atoms with Crippen LogP contribution in [0.25, 0.3) is 0 Å². The first-order valence-corrected chi connectivity index (χ1v) is 5.69. The van der Waals surface area contributed by atoms with Crippen LogP contribution >= 0.6 is 0 Å². The Morgan fingerprint density at radius 1 is 1.71 bits per heavy atom. The van der Waals surface area contributed by atoms with Crippen molar-refractivity contribution in [2.45, 2.75) is 25.9 Å². The summed E-state index contributed by atoms with van der Waals surface area (Å²) in [5, 5.41) is 16.0. The van der Waals surface area contributed by atoms with Crippen LogP contribution in [-0.4, -0.2) is 51.8 Å². The van der Waals surface area contributed by atoms with Gasteiger partial charge in [0.2, 0.25) is 5.89 Å². The van der Waals surface area contributed by atoms with Crippen molar-refractivity contribution in [1.29, 1.82) is 0 Å². The van der Waals surface area contributed by atoms with Crippen molar-refractivity contribution in [2.24, 2.45) is 0 Å². The van der Waals surface area contributed by atoms with Gasteiger partial charge in [-0.3, -0.25) is 9.69 Å². The molecule has 1 unspecified atom stereocenters. The maximum atomic E-state index is 11.1. The predicted molar refractivity (Wildman–Crippen MR) is 58.4 cm³/mol. The normalized spacial score (nSPS) is 21.6. The number of nitrogens with zero attached hydrogens (tertiary/aromatic N) is 3. The van der Waals surface area contributed by atoms with E-state index in [0.717, 1.165) is 6.54 Å². The van der Waals surface area contributed by atoms with Crippen molar-refractivity contribution in [3.63, 3.8) is 0 Å². The zero-order valence-electron chi connectivity index (χ0n) is 9.72. The van der Waals surface area contributed by atoms with E-state index >= 15 is 0 Å². The third kappa shape index (κ3) is 2.80. The molecular formula is C10H16N4O3. The van der Waals surface area contributed by atoms with Crippen molar-refractivity contribution >= 4 is 5.97 Å². The molecule has 17 heavy (non-hydrogen) atoms. The molecule has 1 fully saturated rings. The second-order valence-electron chi connectivity index (χ2n) is 3.99. The zero-order chi connectivity index (χ0) is 12.3. The number of aryl methyl sites for hydroxylation is 1. The van der Waals surface area contributed by atoms with Crippen molar-refractivity contribution in [1.82, 2.24) is 20.4 Å². The molecule has 0 aliphatic carbocycles. The predicted octanol–water partition coefficient (Wildman–Crippen LogP) is -0.510. The molecule has 1 aliphatic heterocycles. The Hall–Kier alpha value is -1.47. The summed E-state index contributed by atoms with van der Waals surface area (Å²) in [5.74, 6) is 0.313. The molecule has 0 bridgehead atoms. The third-order valence-corrected chi connectivity index (χ3v) is 2.80. The molecule has 0 radical (unpaired) electrons. The highest BCUT2D eigenvalue weighted by Crippen LogP contribution is 2.09. The minimum absolute atomic E-state index is 0.419. The Morgan fingerprint density at radius 2 is 2.53 bits per heavy atom. The number of carbonyl (C=O) groups is 1. The second-order valence-corrected chi connectivity index (χ2v) is 3.99. The van der Waals surface area contributed by atoms with E-state index in [-0.39, 0.29) is 0 Å². The molecule has 7 nitrogen and oxygen atoms in total. The zero-order valence-corrected chi connectivity index (χ0v) is 9.72. The molecule has 2 heterocycles. The van der Waals surface area contributed by atoms with E-state index in [0.29, 0.717) is 37.8 Å². The number of piperazine rings is 1. The lowest BCUT2D eigenvalue weighted by Gasteiger charge is -2.32. The average Bonchev–Trinajstić information content (AvgIpc) is 2.77. The van der Waals surface area contributed by atoms with Crippen LogP contribution in [0.4, 0.5) is 0 Å². The van der Waals surface area contributed by atoms with Crippen LogP contribution in [0.2, 0.25) is 0 Å². The highest BCUT2D eigenvalue weighted by molar-refractivity contribution is 5.73. The number of aliphatic carboxylic acids is 1. The van der Waals surface area contributed by atoms with Gasteiger partial charge in [-0.1, -0.05) is 12.1 Å². The SMILES string of the molecule is CCc1nc(CN2CCNCC2C(=O)O)no1. The van der Waals surface area contributed by atoms with Crippen LogP contribution in [0.5, 0.6) is 0 Å². The Balaban J connectivity index is 2.02. The Kier molecular flexibility index (Phi) is 3.70. The van der Waals surface area contributed by atoms with Gasteiger partial charge < -0.3 is 14.9 Å². The van der Waals surface area contributed by atoms with Gasteiger partial charge in [-0.05, 0) is 0 Å². The third-order valence-electron chi connectivity index (χ3n) is 2.80. The maximum absolute atomic E-state index is 11.1. The minimum atomic E-state index is -0.823. The highest BCUT2D eigenvalue weighted by Gasteiger charge is 2.29. The number of carboxylic acid groups (broad SMARTS) is 1. The van der Waals surface area contributed by atoms with Crippen LogP contribution < -0.4 is 5.32 Å². The first-order chi connectivity index (χ1) is 8.20. The van der Waals surface area contributed by atoms with E-state index in [1.165, 1.54) is 0 Å². The van der Waals surface area contributed by atoms with Gasteiger partial charge in [0.05, 0.1) is 6.54 Å². The summed E-state index contributed by atoms with van der Waals surface area (Å²) in [7, 11) is 0. The van der Waals surface area contributed by atoms with Crippen LogP contribution in [0.1, 0.15) is 18.6 Å². The standard InChI is InChI=1S/C10H16N4O3/c1-2-9-12-8(13-17-9)6-14-4-3-11-5-7(14)10(15)16/h7,11H,2-6H2,1H3,(H,15,16). The number of rotatable bonds is 4. The van der Waals surface area contributed by atoms with Gasteiger partial charge in [-0.25, -0.2) is 0 Å². The monoisotopic (exact) mass is 240 g/mol. The van der Waals surface area contributed by atoms with Crippen molar-refractivity contribution in [2.75, 3.05) is 19.6 Å². The number of hydrogen-bond donors (Lipinski definition) is 2. The first kappa shape index (κ1) is 12.0. The molecule has 0 aromatic carbocycles. The summed E-state index contributed by atoms with van der Waals surface area (Å²) in [6, 6.07) is -0.521. The lowest BCUT2D eigenvalue weighted by Crippen LogP contribution is -2.54. The van der Waals surface area contributed by atoms with Crippen molar-refractivity contribution in [3.05, 3.63) is 11.7 Å². The molecule has 1 atom stereocenters. The van der Waals surface area contributed by atoms with Gasteiger partial charge >= 0.3 is 5.97 Å². The van der Waals surface area contributed by atoms with Gasteiger partial charge in [-0.2, -0.15) is 4.98 Å². The topological polar surface area (TPSA) is 91.5 Å². The van der Waals surface area contributed by atoms with E-state index < -0.39 is 12.0 Å². The molecule has 0 saturated carbocycles. The molecule has 1 aliphatic rings. The van der Waals surface area contributed by atoms with Gasteiger partial charge in [0.25, 0.3) is 0 Å². The van der Waals surface area contributed by atoms with Gasteiger partial charge in [-0.15, -0.1) is 0 Å². The molecule has 2 N–H and O–H groups in total. The molecule has 0 amide bonds. The Morgan fingerprint density at radius 3 is 3.18 bits per heavy atom. The lowest BCUT2D eigenvalue weighted by atomic mass is 10.2. The molecule has 1 saturated heterocycles. The fraction of sp³-hybridized carbons (Fsp3) is 0.700. The fourth-order valence-corrected chi connectivity index (χ4v) is 1.86. The molecule has 1 aromatic rings. The number of nitrogens with one attached hydrogen (secondary N) is 1.